The average Bonchev–Trinajstić information content (AvgIpc) is 2.47. The zero-order chi connectivity index (χ0) is 15.1. The molecule has 4 unspecified atom stereocenters. The van der Waals surface area contributed by atoms with Gasteiger partial charge in [-0.05, 0) is 70.6 Å². The highest BCUT2D eigenvalue weighted by Crippen LogP contribution is 2.51. The van der Waals surface area contributed by atoms with Gasteiger partial charge in [0.1, 0.15) is 5.60 Å². The number of rotatable bonds is 2. The lowest BCUT2D eigenvalue weighted by atomic mass is 9.76. The maximum atomic E-state index is 11.3. The van der Waals surface area contributed by atoms with Crippen LogP contribution >= 0.6 is 0 Å². The van der Waals surface area contributed by atoms with E-state index in [4.69, 9.17) is 4.74 Å². The van der Waals surface area contributed by atoms with Crippen molar-refractivity contribution in [2.45, 2.75) is 71.0 Å². The minimum Gasteiger partial charge on any atom is -0.460 e. The van der Waals surface area contributed by atoms with Crippen LogP contribution in [0.1, 0.15) is 59.8 Å². The summed E-state index contributed by atoms with van der Waals surface area (Å²) in [5.41, 5.74) is 0.191. The molecule has 3 heteroatoms. The quantitative estimate of drug-likeness (QED) is 0.622. The van der Waals surface area contributed by atoms with E-state index in [0.717, 1.165) is 32.1 Å². The van der Waals surface area contributed by atoms with Gasteiger partial charge in [0.05, 0.1) is 5.60 Å². The van der Waals surface area contributed by atoms with Crippen molar-refractivity contribution in [1.82, 2.24) is 0 Å². The van der Waals surface area contributed by atoms with Crippen LogP contribution in [0.2, 0.25) is 0 Å². The van der Waals surface area contributed by atoms with E-state index >= 15 is 0 Å². The Morgan fingerprint density at radius 3 is 2.70 bits per heavy atom. The van der Waals surface area contributed by atoms with Crippen molar-refractivity contribution in [3.05, 3.63) is 12.2 Å². The zero-order valence-corrected chi connectivity index (χ0v) is 13.2. The SMILES string of the molecule is C=C1CCC(C(C)(C)OC(C)=O)CC2C1CCC2(C)O. The van der Waals surface area contributed by atoms with E-state index in [9.17, 15) is 9.90 Å². The number of carbonyl (C=O) groups excluding carboxylic acids is 1. The fourth-order valence-electron chi connectivity index (χ4n) is 4.23. The number of hydrogen-bond acceptors (Lipinski definition) is 3. The van der Waals surface area contributed by atoms with Crippen molar-refractivity contribution < 1.29 is 14.6 Å². The molecule has 2 saturated carbocycles. The molecule has 3 nitrogen and oxygen atoms in total. The van der Waals surface area contributed by atoms with Gasteiger partial charge in [0.15, 0.2) is 0 Å². The molecular formula is C17H28O3. The minimum atomic E-state index is -0.609. The fourth-order valence-corrected chi connectivity index (χ4v) is 4.23. The Kier molecular flexibility index (Phi) is 4.03. The van der Waals surface area contributed by atoms with Crippen LogP contribution in [0, 0.1) is 17.8 Å². The molecule has 0 amide bonds. The van der Waals surface area contributed by atoms with Crippen LogP contribution in [0.25, 0.3) is 0 Å². The first-order valence-corrected chi connectivity index (χ1v) is 7.73. The second-order valence-electron chi connectivity index (χ2n) is 7.44. The number of allylic oxidation sites excluding steroid dienone is 1. The summed E-state index contributed by atoms with van der Waals surface area (Å²) in [7, 11) is 0. The first-order valence-electron chi connectivity index (χ1n) is 7.73. The van der Waals surface area contributed by atoms with E-state index in [1.165, 1.54) is 12.5 Å². The molecule has 20 heavy (non-hydrogen) atoms. The molecule has 1 N–H and O–H groups in total. The maximum absolute atomic E-state index is 11.3. The standard InChI is InChI=1S/C17H28O3/c1-11-6-7-13(16(3,4)20-12(2)18)10-15-14(11)8-9-17(15,5)19/h13-15,19H,1,6-10H2,2-5H3. The van der Waals surface area contributed by atoms with Crippen LogP contribution < -0.4 is 0 Å². The molecule has 0 aliphatic heterocycles. The average molecular weight is 280 g/mol. The van der Waals surface area contributed by atoms with E-state index in [2.05, 4.69) is 6.58 Å². The third-order valence-electron chi connectivity index (χ3n) is 5.51. The second-order valence-corrected chi connectivity index (χ2v) is 7.44. The van der Waals surface area contributed by atoms with Crippen LogP contribution in [0.15, 0.2) is 12.2 Å². The lowest BCUT2D eigenvalue weighted by molar-refractivity contribution is -0.160. The van der Waals surface area contributed by atoms with Gasteiger partial charge in [0.25, 0.3) is 0 Å². The van der Waals surface area contributed by atoms with E-state index in [1.807, 2.05) is 20.8 Å². The van der Waals surface area contributed by atoms with Crippen LogP contribution in [0.4, 0.5) is 0 Å². The third-order valence-corrected chi connectivity index (χ3v) is 5.51. The number of carbonyl (C=O) groups is 1. The molecule has 114 valence electrons. The van der Waals surface area contributed by atoms with Crippen LogP contribution in [0.3, 0.4) is 0 Å². The van der Waals surface area contributed by atoms with E-state index in [-0.39, 0.29) is 17.8 Å². The summed E-state index contributed by atoms with van der Waals surface area (Å²) in [4.78, 5) is 11.3. The lowest BCUT2D eigenvalue weighted by Gasteiger charge is -2.37. The highest BCUT2D eigenvalue weighted by Gasteiger charge is 2.49. The Labute approximate surface area is 122 Å². The van der Waals surface area contributed by atoms with E-state index in [1.54, 1.807) is 0 Å². The predicted octanol–water partition coefficient (Wildman–Crippen LogP) is 3.46. The highest BCUT2D eigenvalue weighted by molar-refractivity contribution is 5.66. The summed E-state index contributed by atoms with van der Waals surface area (Å²) in [5.74, 6) is 0.732. The fraction of sp³-hybridized carbons (Fsp3) is 0.824. The molecule has 2 rings (SSSR count). The van der Waals surface area contributed by atoms with Gasteiger partial charge in [-0.1, -0.05) is 12.2 Å². The summed E-state index contributed by atoms with van der Waals surface area (Å²) in [6, 6.07) is 0. The van der Waals surface area contributed by atoms with Gasteiger partial charge in [-0.2, -0.15) is 0 Å². The molecule has 4 atom stereocenters. The molecule has 2 fully saturated rings. The topological polar surface area (TPSA) is 46.5 Å². The Morgan fingerprint density at radius 2 is 2.10 bits per heavy atom. The Hall–Kier alpha value is -0.830. The van der Waals surface area contributed by atoms with Crippen molar-refractivity contribution >= 4 is 5.97 Å². The molecule has 2 aliphatic rings. The van der Waals surface area contributed by atoms with Gasteiger partial charge >= 0.3 is 5.97 Å². The van der Waals surface area contributed by atoms with Crippen molar-refractivity contribution in [3.8, 4) is 0 Å². The minimum absolute atomic E-state index is 0.229. The first-order chi connectivity index (χ1) is 9.13. The molecule has 0 spiro atoms. The van der Waals surface area contributed by atoms with Gasteiger partial charge in [0, 0.05) is 6.92 Å². The monoisotopic (exact) mass is 280 g/mol. The molecule has 0 aromatic heterocycles. The van der Waals surface area contributed by atoms with Gasteiger partial charge in [0.2, 0.25) is 0 Å². The van der Waals surface area contributed by atoms with Gasteiger partial charge in [-0.25, -0.2) is 0 Å². The zero-order valence-electron chi connectivity index (χ0n) is 13.2. The predicted molar refractivity (Wildman–Crippen MR) is 79.2 cm³/mol. The summed E-state index contributed by atoms with van der Waals surface area (Å²) >= 11 is 0. The molecule has 0 saturated heterocycles. The summed E-state index contributed by atoms with van der Waals surface area (Å²) in [6.07, 6.45) is 4.77. The number of aliphatic hydroxyl groups is 1. The number of hydrogen-bond donors (Lipinski definition) is 1. The molecule has 0 heterocycles. The molecule has 2 aliphatic carbocycles. The Morgan fingerprint density at radius 1 is 1.45 bits per heavy atom. The van der Waals surface area contributed by atoms with Crippen molar-refractivity contribution in [1.29, 1.82) is 0 Å². The smallest absolute Gasteiger partial charge is 0.303 e. The summed E-state index contributed by atoms with van der Waals surface area (Å²) in [6.45, 7) is 11.6. The number of fused-ring (bicyclic) bond motifs is 1. The van der Waals surface area contributed by atoms with Gasteiger partial charge < -0.3 is 9.84 Å². The highest BCUT2D eigenvalue weighted by atomic mass is 16.6. The normalized spacial score (nSPS) is 38.2. The number of ether oxygens (including phenoxy) is 1. The summed E-state index contributed by atoms with van der Waals surface area (Å²) in [5, 5.41) is 10.6. The van der Waals surface area contributed by atoms with Crippen LogP contribution in [-0.2, 0) is 9.53 Å². The second kappa shape index (κ2) is 5.18. The van der Waals surface area contributed by atoms with Crippen molar-refractivity contribution in [3.63, 3.8) is 0 Å². The van der Waals surface area contributed by atoms with Crippen molar-refractivity contribution in [2.24, 2.45) is 17.8 Å². The van der Waals surface area contributed by atoms with E-state index < -0.39 is 11.2 Å². The molecule has 0 aromatic rings. The number of esters is 1. The van der Waals surface area contributed by atoms with Crippen LogP contribution in [-0.4, -0.2) is 22.3 Å². The molecule has 0 bridgehead atoms. The summed E-state index contributed by atoms with van der Waals surface area (Å²) < 4.78 is 5.53. The first kappa shape index (κ1) is 15.6. The molecular weight excluding hydrogens is 252 g/mol. The largest absolute Gasteiger partial charge is 0.460 e. The Balaban J connectivity index is 2.21. The van der Waals surface area contributed by atoms with Gasteiger partial charge in [-0.3, -0.25) is 4.79 Å². The molecule has 0 radical (unpaired) electrons. The third kappa shape index (κ3) is 2.93. The Bertz CT molecular complexity index is 408. The van der Waals surface area contributed by atoms with E-state index in [0.29, 0.717) is 5.92 Å². The maximum Gasteiger partial charge on any atom is 0.303 e. The lowest BCUT2D eigenvalue weighted by Crippen LogP contribution is -2.40. The molecule has 0 aromatic carbocycles. The van der Waals surface area contributed by atoms with Gasteiger partial charge in [-0.15, -0.1) is 0 Å². The van der Waals surface area contributed by atoms with Crippen LogP contribution in [0.5, 0.6) is 0 Å². The van der Waals surface area contributed by atoms with Crippen molar-refractivity contribution in [2.75, 3.05) is 0 Å².